The highest BCUT2D eigenvalue weighted by atomic mass is 16.5. The number of phenols is 1. The first-order valence-corrected chi connectivity index (χ1v) is 6.22. The molecule has 0 unspecified atom stereocenters. The molecule has 1 aromatic carbocycles. The number of ether oxygens (including phenoxy) is 1. The fourth-order valence-corrected chi connectivity index (χ4v) is 1.26. The van der Waals surface area contributed by atoms with Crippen molar-refractivity contribution in [2.45, 2.75) is 18.6 Å². The summed E-state index contributed by atoms with van der Waals surface area (Å²) < 4.78 is 4.79. The molecular formula is C13H22N2O6. The van der Waals surface area contributed by atoms with Crippen molar-refractivity contribution in [1.29, 1.82) is 0 Å². The number of aliphatic hydroxyl groups is 3. The molecule has 2 rings (SSSR count). The van der Waals surface area contributed by atoms with Crippen LogP contribution in [0.4, 0.5) is 5.69 Å². The molecule has 1 fully saturated rings. The van der Waals surface area contributed by atoms with Crippen LogP contribution in [0.25, 0.3) is 0 Å². The minimum atomic E-state index is -0.690. The molecule has 8 nitrogen and oxygen atoms in total. The average Bonchev–Trinajstić information content (AvgIpc) is 2.43. The number of anilines is 1. The highest BCUT2D eigenvalue weighted by Gasteiger charge is 2.17. The number of hydrogen-bond donors (Lipinski definition) is 6. The predicted octanol–water partition coefficient (Wildman–Crippen LogP) is -1.43. The Bertz CT molecular complexity index is 369. The van der Waals surface area contributed by atoms with Crippen molar-refractivity contribution < 1.29 is 30.0 Å². The first-order valence-electron chi connectivity index (χ1n) is 6.22. The molecule has 1 amide bonds. The molecule has 1 aliphatic rings. The molecular weight excluding hydrogens is 280 g/mol. The van der Waals surface area contributed by atoms with Gasteiger partial charge in [-0.05, 0) is 24.3 Å². The molecule has 8 N–H and O–H groups in total. The van der Waals surface area contributed by atoms with Gasteiger partial charge in [-0.2, -0.15) is 0 Å². The van der Waals surface area contributed by atoms with Crippen LogP contribution in [-0.4, -0.2) is 58.4 Å². The number of carbonyl (C=O) groups is 1. The lowest BCUT2D eigenvalue weighted by Gasteiger charge is -2.21. The fourth-order valence-electron chi connectivity index (χ4n) is 1.26. The first-order chi connectivity index (χ1) is 9.85. The lowest BCUT2D eigenvalue weighted by Crippen LogP contribution is -2.32. The second kappa shape index (κ2) is 10.9. The summed E-state index contributed by atoms with van der Waals surface area (Å²) in [5.41, 5.74) is 10.4. The molecule has 0 spiro atoms. The maximum Gasteiger partial charge on any atom is 0.243 e. The van der Waals surface area contributed by atoms with Crippen molar-refractivity contribution in [1.82, 2.24) is 0 Å². The molecule has 1 heterocycles. The molecule has 2 atom stereocenters. The van der Waals surface area contributed by atoms with Crippen molar-refractivity contribution in [2.24, 2.45) is 5.73 Å². The van der Waals surface area contributed by atoms with Gasteiger partial charge in [0, 0.05) is 12.1 Å². The number of amides is 1. The molecule has 8 heteroatoms. The van der Waals surface area contributed by atoms with Crippen molar-refractivity contribution in [3.63, 3.8) is 0 Å². The zero-order valence-electron chi connectivity index (χ0n) is 11.6. The van der Waals surface area contributed by atoms with Gasteiger partial charge in [0.05, 0.1) is 25.4 Å². The van der Waals surface area contributed by atoms with E-state index < -0.39 is 24.7 Å². The molecule has 1 aromatic rings. The third-order valence-corrected chi connectivity index (χ3v) is 2.21. The Kier molecular flexibility index (Phi) is 9.90. The Labute approximate surface area is 122 Å². The Morgan fingerprint density at radius 2 is 1.62 bits per heavy atom. The van der Waals surface area contributed by atoms with Gasteiger partial charge in [0.15, 0.2) is 0 Å². The summed E-state index contributed by atoms with van der Waals surface area (Å²) in [4.78, 5) is 9.34. The summed E-state index contributed by atoms with van der Waals surface area (Å²) in [6, 6.07) is 6.40. The van der Waals surface area contributed by atoms with Crippen LogP contribution in [0.2, 0.25) is 0 Å². The van der Waals surface area contributed by atoms with E-state index in [1.807, 2.05) is 0 Å². The number of primary amides is 1. The quantitative estimate of drug-likeness (QED) is 0.274. The molecule has 21 heavy (non-hydrogen) atoms. The average molecular weight is 302 g/mol. The Morgan fingerprint density at radius 1 is 1.19 bits per heavy atom. The first kappa shape index (κ1) is 19.1. The van der Waals surface area contributed by atoms with E-state index >= 15 is 0 Å². The van der Waals surface area contributed by atoms with E-state index in [1.54, 1.807) is 24.3 Å². The summed E-state index contributed by atoms with van der Waals surface area (Å²) in [6.45, 7) is 0.189. The molecule has 1 aliphatic heterocycles. The van der Waals surface area contributed by atoms with Gasteiger partial charge in [-0.25, -0.2) is 0 Å². The van der Waals surface area contributed by atoms with Gasteiger partial charge in [0.25, 0.3) is 0 Å². The maximum absolute atomic E-state index is 9.34. The lowest BCUT2D eigenvalue weighted by atomic mass is 10.1. The van der Waals surface area contributed by atoms with E-state index in [4.69, 9.17) is 30.9 Å². The van der Waals surface area contributed by atoms with E-state index in [1.165, 1.54) is 0 Å². The predicted molar refractivity (Wildman–Crippen MR) is 76.2 cm³/mol. The number of phenolic OH excluding ortho intramolecular Hbond substituents is 1. The van der Waals surface area contributed by atoms with Crippen LogP contribution in [0.5, 0.6) is 5.75 Å². The van der Waals surface area contributed by atoms with Crippen LogP contribution < -0.4 is 11.5 Å². The van der Waals surface area contributed by atoms with E-state index in [2.05, 4.69) is 5.73 Å². The monoisotopic (exact) mass is 302 g/mol. The molecule has 0 saturated carbocycles. The lowest BCUT2D eigenvalue weighted by molar-refractivity contribution is -0.120. The number of nitrogens with two attached hydrogens (primary N) is 2. The van der Waals surface area contributed by atoms with Crippen LogP contribution >= 0.6 is 0 Å². The summed E-state index contributed by atoms with van der Waals surface area (Å²) in [7, 11) is 0. The zero-order chi connectivity index (χ0) is 16.3. The fraction of sp³-hybridized carbons (Fsp3) is 0.462. The number of aliphatic hydroxyl groups excluding tert-OH is 3. The van der Waals surface area contributed by atoms with Gasteiger partial charge in [-0.15, -0.1) is 0 Å². The molecule has 0 radical (unpaired) electrons. The summed E-state index contributed by atoms with van der Waals surface area (Å²) in [6.07, 6.45) is -0.461. The van der Waals surface area contributed by atoms with Gasteiger partial charge in [-0.1, -0.05) is 0 Å². The van der Waals surface area contributed by atoms with Crippen molar-refractivity contribution >= 4 is 11.6 Å². The minimum Gasteiger partial charge on any atom is -0.508 e. The van der Waals surface area contributed by atoms with Gasteiger partial charge in [0.2, 0.25) is 5.91 Å². The number of benzene rings is 1. The summed E-state index contributed by atoms with van der Waals surface area (Å²) in [5.74, 6) is -0.441. The summed E-state index contributed by atoms with van der Waals surface area (Å²) >= 11 is 0. The van der Waals surface area contributed by atoms with Crippen molar-refractivity contribution in [2.75, 3.05) is 25.6 Å². The van der Waals surface area contributed by atoms with E-state index in [9.17, 15) is 4.79 Å². The maximum atomic E-state index is 9.34. The number of rotatable bonds is 1. The van der Waals surface area contributed by atoms with Crippen LogP contribution in [0.3, 0.4) is 0 Å². The molecule has 0 aliphatic carbocycles. The largest absolute Gasteiger partial charge is 0.508 e. The molecule has 0 aromatic heterocycles. The SMILES string of the molecule is NC(=O)CO.Nc1ccc(O)cc1.O[C@@H]1COC[C@@H](O)C1. The van der Waals surface area contributed by atoms with Crippen LogP contribution in [0.15, 0.2) is 24.3 Å². The highest BCUT2D eigenvalue weighted by Crippen LogP contribution is 2.09. The Morgan fingerprint density at radius 3 is 1.86 bits per heavy atom. The van der Waals surface area contributed by atoms with Crippen molar-refractivity contribution in [3.05, 3.63) is 24.3 Å². The van der Waals surface area contributed by atoms with Crippen LogP contribution in [0, 0.1) is 0 Å². The third-order valence-electron chi connectivity index (χ3n) is 2.21. The number of hydrogen-bond acceptors (Lipinski definition) is 7. The highest BCUT2D eigenvalue weighted by molar-refractivity contribution is 5.74. The molecule has 1 saturated heterocycles. The van der Waals surface area contributed by atoms with Gasteiger partial charge < -0.3 is 36.6 Å². The topological polar surface area (TPSA) is 159 Å². The standard InChI is InChI=1S/C6H7NO.C5H10O3.C2H5NO2/c7-5-1-3-6(8)4-2-5;6-4-1-5(7)3-8-2-4;3-2(5)1-4/h1-4,8H,7H2;4-7H,1-3H2;4H,1H2,(H2,3,5)/t;4-,5-;/m.0./s1. The summed E-state index contributed by atoms with van der Waals surface area (Å²) in [5, 5.41) is 34.0. The van der Waals surface area contributed by atoms with Crippen molar-refractivity contribution in [3.8, 4) is 5.75 Å². The Hall–Kier alpha value is -1.87. The van der Waals surface area contributed by atoms with E-state index in [-0.39, 0.29) is 5.75 Å². The van der Waals surface area contributed by atoms with Gasteiger partial charge in [0.1, 0.15) is 12.4 Å². The smallest absolute Gasteiger partial charge is 0.243 e. The number of carbonyl (C=O) groups excluding carboxylic acids is 1. The number of aromatic hydroxyl groups is 1. The zero-order valence-corrected chi connectivity index (χ0v) is 11.6. The van der Waals surface area contributed by atoms with Crippen LogP contribution in [0.1, 0.15) is 6.42 Å². The van der Waals surface area contributed by atoms with Gasteiger partial charge >= 0.3 is 0 Å². The third kappa shape index (κ3) is 11.6. The van der Waals surface area contributed by atoms with E-state index in [0.29, 0.717) is 25.3 Å². The minimum absolute atomic E-state index is 0.249. The van der Waals surface area contributed by atoms with Gasteiger partial charge in [-0.3, -0.25) is 4.79 Å². The normalized spacial score (nSPS) is 20.3. The molecule has 0 bridgehead atoms. The second-order valence-corrected chi connectivity index (χ2v) is 4.30. The molecule has 120 valence electrons. The second-order valence-electron chi connectivity index (χ2n) is 4.30. The Balaban J connectivity index is 0.000000296. The van der Waals surface area contributed by atoms with E-state index in [0.717, 1.165) is 0 Å². The number of nitrogen functional groups attached to an aromatic ring is 1. The van der Waals surface area contributed by atoms with Crippen LogP contribution in [-0.2, 0) is 9.53 Å².